The van der Waals surface area contributed by atoms with E-state index in [1.165, 1.54) is 51.4 Å². The predicted molar refractivity (Wildman–Crippen MR) is 119 cm³/mol. The Hall–Kier alpha value is -2.40. The van der Waals surface area contributed by atoms with Crippen molar-refractivity contribution in [3.8, 4) is 5.75 Å². The first kappa shape index (κ1) is 21.3. The quantitative estimate of drug-likeness (QED) is 0.561. The van der Waals surface area contributed by atoms with Crippen LogP contribution in [-0.2, 0) is 0 Å². The molecule has 0 radical (unpaired) electrons. The molecule has 0 spiro atoms. The topological polar surface area (TPSA) is 28.1 Å². The highest BCUT2D eigenvalue weighted by atomic mass is 19.1. The maximum absolute atomic E-state index is 14.5. The summed E-state index contributed by atoms with van der Waals surface area (Å²) in [4.78, 5) is 9.32. The smallest absolute Gasteiger partial charge is 0.140 e. The molecule has 0 atom stereocenters. The van der Waals surface area contributed by atoms with Gasteiger partial charge < -0.3 is 14.5 Å². The van der Waals surface area contributed by atoms with Crippen molar-refractivity contribution >= 4 is 11.3 Å². The van der Waals surface area contributed by atoms with E-state index >= 15 is 0 Å². The van der Waals surface area contributed by atoms with Crippen molar-refractivity contribution in [2.75, 3.05) is 33.8 Å². The van der Waals surface area contributed by atoms with Gasteiger partial charge in [0.05, 0.1) is 7.11 Å². The number of likely N-dealkylation sites (tertiary alicyclic amines) is 1. The zero-order chi connectivity index (χ0) is 20.6. The number of unbranched alkanes of at least 4 members (excludes halogenated alkanes) is 1. The monoisotopic (exact) mass is 397 g/mol. The van der Waals surface area contributed by atoms with E-state index in [2.05, 4.69) is 11.5 Å². The summed E-state index contributed by atoms with van der Waals surface area (Å²) in [5.41, 5.74) is 2.14. The molecule has 2 heterocycles. The molecule has 0 saturated carbocycles. The Morgan fingerprint density at radius 3 is 2.76 bits per heavy atom. The van der Waals surface area contributed by atoms with Crippen LogP contribution in [0.5, 0.6) is 5.75 Å². The van der Waals surface area contributed by atoms with Crippen LogP contribution in [-0.4, -0.2) is 49.3 Å². The fraction of sp³-hybridized carbons (Fsp3) is 0.458. The molecule has 1 fully saturated rings. The molecule has 1 saturated heterocycles. The average molecular weight is 398 g/mol. The number of allylic oxidation sites excluding steroid dienone is 3. The number of halogens is 1. The van der Waals surface area contributed by atoms with E-state index in [4.69, 9.17) is 9.73 Å². The number of hydrogen-bond acceptors (Lipinski definition) is 4. The summed E-state index contributed by atoms with van der Waals surface area (Å²) < 4.78 is 19.8. The third kappa shape index (κ3) is 5.57. The Bertz CT molecular complexity index is 806. The van der Waals surface area contributed by atoms with Crippen molar-refractivity contribution in [3.05, 3.63) is 60.3 Å². The summed E-state index contributed by atoms with van der Waals surface area (Å²) in [5.74, 6) is 1.01. The van der Waals surface area contributed by atoms with Gasteiger partial charge in [0.1, 0.15) is 17.4 Å². The Labute approximate surface area is 174 Å². The van der Waals surface area contributed by atoms with Crippen LogP contribution in [0.4, 0.5) is 4.39 Å². The van der Waals surface area contributed by atoms with Gasteiger partial charge in [-0.25, -0.2) is 9.38 Å². The number of ether oxygens (including phenoxy) is 1. The van der Waals surface area contributed by atoms with Gasteiger partial charge in [-0.15, -0.1) is 0 Å². The molecule has 0 amide bonds. The van der Waals surface area contributed by atoms with Gasteiger partial charge in [-0.1, -0.05) is 19.1 Å². The average Bonchev–Trinajstić information content (AvgIpc) is 2.75. The molecule has 29 heavy (non-hydrogen) atoms. The van der Waals surface area contributed by atoms with Crippen LogP contribution < -0.4 is 4.74 Å². The molecule has 2 aliphatic rings. The van der Waals surface area contributed by atoms with Gasteiger partial charge in [0.25, 0.3) is 0 Å². The van der Waals surface area contributed by atoms with E-state index in [1.54, 1.807) is 25.3 Å². The number of piperidine rings is 1. The van der Waals surface area contributed by atoms with Gasteiger partial charge in [0.15, 0.2) is 0 Å². The first-order valence-electron chi connectivity index (χ1n) is 10.5. The highest BCUT2D eigenvalue weighted by molar-refractivity contribution is 5.97. The molecular weight excluding hydrogens is 365 g/mol. The number of rotatable bonds is 8. The predicted octanol–water partition coefficient (Wildman–Crippen LogP) is 5.25. The van der Waals surface area contributed by atoms with Crippen molar-refractivity contribution in [1.29, 1.82) is 0 Å². The summed E-state index contributed by atoms with van der Waals surface area (Å²) >= 11 is 0. The first-order valence-corrected chi connectivity index (χ1v) is 10.5. The molecule has 2 aliphatic heterocycles. The van der Waals surface area contributed by atoms with Crippen LogP contribution in [0.2, 0.25) is 0 Å². The zero-order valence-electron chi connectivity index (χ0n) is 17.7. The van der Waals surface area contributed by atoms with Gasteiger partial charge in [-0.05, 0) is 76.0 Å². The standard InChI is InChI=1S/C24H32FN3O/c1-4-21(22-18-20(29-3)11-12-23(22)25)24-26-19(13-17-27(24)2)10-6-9-16-28-14-7-5-8-15-28/h4,11-13,17-18H,1,5-10,14-16H2,2-3H3/b24-21+. The second-order valence-electron chi connectivity index (χ2n) is 7.68. The SMILES string of the molecule is C=C/C(=C1/N=C(CCCCN2CCCCC2)C=CN1C)c1cc(OC)ccc1F. The molecule has 1 aromatic carbocycles. The number of aliphatic imine (C=N–C) groups is 1. The van der Waals surface area contributed by atoms with Gasteiger partial charge in [0.2, 0.25) is 0 Å². The van der Waals surface area contributed by atoms with E-state index in [1.807, 2.05) is 24.2 Å². The molecular formula is C24H32FN3O. The highest BCUT2D eigenvalue weighted by Crippen LogP contribution is 2.30. The van der Waals surface area contributed by atoms with Crippen molar-refractivity contribution < 1.29 is 9.13 Å². The molecule has 3 rings (SSSR count). The third-order valence-corrected chi connectivity index (χ3v) is 5.59. The van der Waals surface area contributed by atoms with Crippen LogP contribution in [0.25, 0.3) is 5.57 Å². The fourth-order valence-corrected chi connectivity index (χ4v) is 3.89. The Morgan fingerprint density at radius 1 is 1.24 bits per heavy atom. The Balaban J connectivity index is 1.72. The Morgan fingerprint density at radius 2 is 2.03 bits per heavy atom. The molecule has 4 nitrogen and oxygen atoms in total. The number of benzene rings is 1. The lowest BCUT2D eigenvalue weighted by atomic mass is 10.0. The van der Waals surface area contributed by atoms with Gasteiger partial charge in [0, 0.05) is 30.1 Å². The van der Waals surface area contributed by atoms with Gasteiger partial charge in [-0.3, -0.25) is 0 Å². The van der Waals surface area contributed by atoms with Crippen molar-refractivity contribution in [3.63, 3.8) is 0 Å². The van der Waals surface area contributed by atoms with Crippen molar-refractivity contribution in [2.45, 2.75) is 38.5 Å². The molecule has 0 aromatic heterocycles. The lowest BCUT2D eigenvalue weighted by Crippen LogP contribution is -2.30. The molecule has 0 N–H and O–H groups in total. The largest absolute Gasteiger partial charge is 0.497 e. The third-order valence-electron chi connectivity index (χ3n) is 5.59. The fourth-order valence-electron chi connectivity index (χ4n) is 3.89. The van der Waals surface area contributed by atoms with Crippen LogP contribution in [0.15, 0.2) is 53.9 Å². The van der Waals surface area contributed by atoms with E-state index < -0.39 is 0 Å². The summed E-state index contributed by atoms with van der Waals surface area (Å²) in [5, 5.41) is 0. The molecule has 1 aromatic rings. The minimum Gasteiger partial charge on any atom is -0.497 e. The van der Waals surface area contributed by atoms with Crippen molar-refractivity contribution in [1.82, 2.24) is 9.80 Å². The molecule has 0 unspecified atom stereocenters. The van der Waals surface area contributed by atoms with E-state index in [9.17, 15) is 4.39 Å². The first-order chi connectivity index (χ1) is 14.1. The molecule has 156 valence electrons. The van der Waals surface area contributed by atoms with E-state index in [0.29, 0.717) is 22.7 Å². The van der Waals surface area contributed by atoms with Crippen LogP contribution in [0.1, 0.15) is 44.1 Å². The second-order valence-corrected chi connectivity index (χ2v) is 7.68. The summed E-state index contributed by atoms with van der Waals surface area (Å²) in [6.07, 6.45) is 13.0. The zero-order valence-corrected chi connectivity index (χ0v) is 17.7. The van der Waals surface area contributed by atoms with Crippen LogP contribution >= 0.6 is 0 Å². The molecule has 0 bridgehead atoms. The number of methoxy groups -OCH3 is 1. The number of hydrogen-bond donors (Lipinski definition) is 0. The molecule has 0 aliphatic carbocycles. The lowest BCUT2D eigenvalue weighted by molar-refractivity contribution is 0.225. The maximum atomic E-state index is 14.5. The van der Waals surface area contributed by atoms with Crippen LogP contribution in [0, 0.1) is 5.82 Å². The van der Waals surface area contributed by atoms with Crippen LogP contribution in [0.3, 0.4) is 0 Å². The minimum absolute atomic E-state index is 0.311. The minimum atomic E-state index is -0.311. The van der Waals surface area contributed by atoms with E-state index in [-0.39, 0.29) is 5.82 Å². The summed E-state index contributed by atoms with van der Waals surface area (Å²) in [6.45, 7) is 7.56. The normalized spacial score (nSPS) is 19.1. The van der Waals surface area contributed by atoms with E-state index in [0.717, 1.165) is 18.6 Å². The summed E-state index contributed by atoms with van der Waals surface area (Å²) in [6, 6.07) is 4.73. The second kappa shape index (κ2) is 10.4. The molecule has 5 heteroatoms. The maximum Gasteiger partial charge on any atom is 0.140 e. The van der Waals surface area contributed by atoms with Crippen molar-refractivity contribution in [2.24, 2.45) is 4.99 Å². The Kier molecular flexibility index (Phi) is 7.64. The highest BCUT2D eigenvalue weighted by Gasteiger charge is 2.17. The van der Waals surface area contributed by atoms with Gasteiger partial charge >= 0.3 is 0 Å². The lowest BCUT2D eigenvalue weighted by Gasteiger charge is -2.26. The summed E-state index contributed by atoms with van der Waals surface area (Å²) in [7, 11) is 3.50. The van der Waals surface area contributed by atoms with Gasteiger partial charge in [-0.2, -0.15) is 0 Å². The number of nitrogens with zero attached hydrogens (tertiary/aromatic N) is 3.